The Labute approximate surface area is 223 Å². The van der Waals surface area contributed by atoms with E-state index in [1.807, 2.05) is 60.7 Å². The third-order valence-corrected chi connectivity index (χ3v) is 13.1. The summed E-state index contributed by atoms with van der Waals surface area (Å²) in [5, 5.41) is 4.98. The van der Waals surface area contributed by atoms with E-state index in [9.17, 15) is 0 Å². The van der Waals surface area contributed by atoms with Crippen molar-refractivity contribution in [1.29, 1.82) is 0 Å². The van der Waals surface area contributed by atoms with E-state index in [0.717, 1.165) is 21.3 Å². The van der Waals surface area contributed by atoms with Gasteiger partial charge in [-0.3, -0.25) is 0 Å². The Hall–Kier alpha value is -3.70. The predicted octanol–water partition coefficient (Wildman–Crippen LogP) is 7.20. The van der Waals surface area contributed by atoms with Gasteiger partial charge in [-0.2, -0.15) is 0 Å². The van der Waals surface area contributed by atoms with Gasteiger partial charge in [-0.15, -0.1) is 0 Å². The third-order valence-electron chi connectivity index (χ3n) is 6.97. The van der Waals surface area contributed by atoms with E-state index in [4.69, 9.17) is 0 Å². The van der Waals surface area contributed by atoms with Crippen molar-refractivity contribution in [1.82, 2.24) is 0 Å². The second-order valence-corrected chi connectivity index (χ2v) is 14.7. The summed E-state index contributed by atoms with van der Waals surface area (Å²) in [6.45, 7) is 0. The van der Waals surface area contributed by atoms with Gasteiger partial charge in [0.25, 0.3) is 0 Å². The molecule has 0 heterocycles. The molecule has 0 saturated heterocycles. The number of hydrogen-bond donors (Lipinski definition) is 0. The molecule has 0 amide bonds. The van der Waals surface area contributed by atoms with Crippen LogP contribution >= 0.6 is 15.1 Å². The van der Waals surface area contributed by atoms with Crippen LogP contribution in [0, 0.1) is 0 Å². The Morgan fingerprint density at radius 1 is 0.421 bits per heavy atom. The number of halogens is 2. The molecule has 0 atom stereocenters. The number of benzene rings is 6. The monoisotopic (exact) mass is 534 g/mol. The molecule has 0 aliphatic rings. The van der Waals surface area contributed by atoms with Gasteiger partial charge in [0.1, 0.15) is 0 Å². The van der Waals surface area contributed by atoms with Crippen molar-refractivity contribution in [2.75, 3.05) is 0 Å². The minimum atomic E-state index is -5.83. The zero-order chi connectivity index (χ0) is 26.0. The molecule has 0 aliphatic heterocycles. The van der Waals surface area contributed by atoms with Gasteiger partial charge in [0, 0.05) is 0 Å². The van der Waals surface area contributed by atoms with Gasteiger partial charge < -0.3 is 0 Å². The van der Waals surface area contributed by atoms with Gasteiger partial charge in [0.15, 0.2) is 0 Å². The van der Waals surface area contributed by atoms with Crippen LogP contribution in [0.25, 0.3) is 10.8 Å². The molecule has 0 spiro atoms. The van der Waals surface area contributed by atoms with Crippen LogP contribution in [0.4, 0.5) is 8.39 Å². The van der Waals surface area contributed by atoms with E-state index in [2.05, 4.69) is 24.3 Å². The molecule has 6 rings (SSSR count). The molecule has 6 aromatic rings. The maximum absolute atomic E-state index is 18.1. The summed E-state index contributed by atoms with van der Waals surface area (Å²) in [6.07, 6.45) is 0. The average molecular weight is 535 g/mol. The first-order chi connectivity index (χ1) is 18.6. The van der Waals surface area contributed by atoms with Crippen molar-refractivity contribution in [2.45, 2.75) is 0 Å². The van der Waals surface area contributed by atoms with Crippen LogP contribution < -0.4 is 31.8 Å². The molecular weight excluding hydrogens is 508 g/mol. The van der Waals surface area contributed by atoms with Gasteiger partial charge in [-0.25, -0.2) is 0 Å². The van der Waals surface area contributed by atoms with Crippen molar-refractivity contribution < 1.29 is 8.39 Å². The van der Waals surface area contributed by atoms with Gasteiger partial charge in [0.2, 0.25) is 0 Å². The first-order valence-corrected chi connectivity index (χ1v) is 15.9. The van der Waals surface area contributed by atoms with Crippen LogP contribution in [0.15, 0.2) is 158 Å². The molecular formula is C34H26F2P2. The molecule has 4 heteroatoms. The van der Waals surface area contributed by atoms with E-state index in [1.54, 1.807) is 72.8 Å². The minimum absolute atomic E-state index is 0.0794. The zero-order valence-corrected chi connectivity index (χ0v) is 22.5. The van der Waals surface area contributed by atoms with E-state index >= 15 is 8.39 Å². The van der Waals surface area contributed by atoms with Crippen LogP contribution in [-0.4, -0.2) is 0 Å². The summed E-state index contributed by atoms with van der Waals surface area (Å²) >= 11 is 0. The molecule has 186 valence electrons. The Bertz CT molecular complexity index is 1600. The third kappa shape index (κ3) is 4.06. The topological polar surface area (TPSA) is 0 Å². The summed E-state index contributed by atoms with van der Waals surface area (Å²) in [5.74, 6) is 0. The summed E-state index contributed by atoms with van der Waals surface area (Å²) in [4.78, 5) is 0. The van der Waals surface area contributed by atoms with E-state index < -0.39 is 15.1 Å². The molecule has 0 unspecified atom stereocenters. The first kappa shape index (κ1) is 24.6. The van der Waals surface area contributed by atoms with Crippen molar-refractivity contribution in [3.8, 4) is 0 Å². The summed E-state index contributed by atoms with van der Waals surface area (Å²) in [5.41, 5.74) is 0. The van der Waals surface area contributed by atoms with Crippen LogP contribution in [0.1, 0.15) is 0 Å². The predicted molar refractivity (Wildman–Crippen MR) is 164 cm³/mol. The second kappa shape index (κ2) is 9.88. The standard InChI is InChI=1S/C34H26F2P2/c35-38(36,30-21-9-3-10-22-30,31-23-11-4-12-24-31)33-26-14-16-27-15-13-25-32(34(27)33)37(28-17-5-1-6-18-28)29-19-7-2-8-20-29/h1-26H. The Morgan fingerprint density at radius 2 is 0.842 bits per heavy atom. The summed E-state index contributed by atoms with van der Waals surface area (Å²) < 4.78 is 36.3. The first-order valence-electron chi connectivity index (χ1n) is 12.6. The molecule has 0 fully saturated rings. The van der Waals surface area contributed by atoms with Gasteiger partial charge in [-0.1, -0.05) is 0 Å². The Kier molecular flexibility index (Phi) is 6.40. The Morgan fingerprint density at radius 3 is 1.32 bits per heavy atom. The second-order valence-electron chi connectivity index (χ2n) is 9.24. The van der Waals surface area contributed by atoms with E-state index in [1.165, 1.54) is 0 Å². The van der Waals surface area contributed by atoms with Crippen molar-refractivity contribution >= 4 is 57.7 Å². The van der Waals surface area contributed by atoms with Crippen LogP contribution in [0.5, 0.6) is 0 Å². The fraction of sp³-hybridized carbons (Fsp3) is 0. The van der Waals surface area contributed by atoms with Crippen molar-refractivity contribution in [2.24, 2.45) is 0 Å². The van der Waals surface area contributed by atoms with Crippen molar-refractivity contribution in [3.63, 3.8) is 0 Å². The molecule has 0 N–H and O–H groups in total. The van der Waals surface area contributed by atoms with E-state index in [-0.39, 0.29) is 15.9 Å². The maximum atomic E-state index is 18.1. The van der Waals surface area contributed by atoms with Crippen molar-refractivity contribution in [3.05, 3.63) is 158 Å². The van der Waals surface area contributed by atoms with Crippen LogP contribution in [0.3, 0.4) is 0 Å². The number of hydrogen-bond acceptors (Lipinski definition) is 0. The molecule has 0 aromatic heterocycles. The molecule has 0 nitrogen and oxygen atoms in total. The fourth-order valence-electron chi connectivity index (χ4n) is 5.20. The molecule has 0 radical (unpaired) electrons. The van der Waals surface area contributed by atoms with Crippen LogP contribution in [-0.2, 0) is 0 Å². The SMILES string of the molecule is FP(F)(c1ccccc1)(c1ccccc1)c1cccc2cccc(P(c3ccccc3)c3ccccc3)c12. The van der Waals surface area contributed by atoms with Gasteiger partial charge in [0.05, 0.1) is 0 Å². The van der Waals surface area contributed by atoms with Gasteiger partial charge in [-0.05, 0) is 0 Å². The summed E-state index contributed by atoms with van der Waals surface area (Å²) in [7, 11) is -6.91. The number of rotatable bonds is 6. The molecule has 0 aliphatic carbocycles. The summed E-state index contributed by atoms with van der Waals surface area (Å²) in [6, 6.07) is 48.7. The molecule has 0 saturated carbocycles. The van der Waals surface area contributed by atoms with E-state index in [0.29, 0.717) is 5.39 Å². The average Bonchev–Trinajstić information content (AvgIpc) is 2.99. The van der Waals surface area contributed by atoms with Gasteiger partial charge >= 0.3 is 224 Å². The molecule has 6 aromatic carbocycles. The molecule has 0 bridgehead atoms. The fourth-order valence-corrected chi connectivity index (χ4v) is 11.0. The zero-order valence-electron chi connectivity index (χ0n) is 20.7. The molecule has 38 heavy (non-hydrogen) atoms. The Balaban J connectivity index is 1.74. The number of fused-ring (bicyclic) bond motifs is 1. The normalized spacial score (nSPS) is 12.8. The van der Waals surface area contributed by atoms with Crippen LogP contribution in [0.2, 0.25) is 0 Å². The quantitative estimate of drug-likeness (QED) is 0.198.